The van der Waals surface area contributed by atoms with Crippen LogP contribution in [-0.4, -0.2) is 58.0 Å². The molecule has 7 nitrogen and oxygen atoms in total. The van der Waals surface area contributed by atoms with Gasteiger partial charge in [0, 0.05) is 31.6 Å². The number of carbonyl (C=O) groups excluding carboxylic acids is 1. The number of carboxylic acid groups (broad SMARTS) is 1. The van der Waals surface area contributed by atoms with Crippen LogP contribution in [-0.2, 0) is 4.79 Å². The lowest BCUT2D eigenvalue weighted by atomic mass is 9.94. The van der Waals surface area contributed by atoms with Crippen LogP contribution < -0.4 is 4.90 Å². The van der Waals surface area contributed by atoms with Crippen LogP contribution in [0.15, 0.2) is 6.33 Å². The number of piperazine rings is 1. The molecule has 0 aliphatic carbocycles. The van der Waals surface area contributed by atoms with E-state index in [4.69, 9.17) is 0 Å². The lowest BCUT2D eigenvalue weighted by Gasteiger charge is -2.38. The maximum Gasteiger partial charge on any atom is 0.346 e. The Hall–Kier alpha value is -2.22. The average molecular weight is 362 g/mol. The molecule has 0 aromatic carbocycles. The number of hydrogen-bond donors (Lipinski definition) is 1. The quantitative estimate of drug-likeness (QED) is 0.883. The molecule has 2 aromatic rings. The summed E-state index contributed by atoms with van der Waals surface area (Å²) in [6, 6.07) is 0. The standard InChI is InChI=1S/C17H22N4O3S/c1-10-11-13(18-9-19-14(11)25-12(10)15(22)23)20-5-7-21(8-6-20)16(24)17(2,3)4/h9H,5-8H2,1-4H3,(H,22,23). The van der Waals surface area contributed by atoms with Crippen LogP contribution in [0.1, 0.15) is 36.0 Å². The number of rotatable bonds is 2. The fraction of sp³-hybridized carbons (Fsp3) is 0.529. The minimum absolute atomic E-state index is 0.153. The lowest BCUT2D eigenvalue weighted by molar-refractivity contribution is -0.139. The second-order valence-corrected chi connectivity index (χ2v) is 8.27. The third-order valence-corrected chi connectivity index (χ3v) is 5.60. The van der Waals surface area contributed by atoms with Gasteiger partial charge in [0.05, 0.1) is 5.39 Å². The number of thiophene rings is 1. The zero-order valence-electron chi connectivity index (χ0n) is 14.9. The van der Waals surface area contributed by atoms with E-state index in [9.17, 15) is 14.7 Å². The van der Waals surface area contributed by atoms with Gasteiger partial charge in [0.2, 0.25) is 5.91 Å². The number of carbonyl (C=O) groups is 2. The Morgan fingerprint density at radius 2 is 1.80 bits per heavy atom. The number of carboxylic acids is 1. The third-order valence-electron chi connectivity index (χ3n) is 4.41. The number of amides is 1. The summed E-state index contributed by atoms with van der Waals surface area (Å²) in [7, 11) is 0. The monoisotopic (exact) mass is 362 g/mol. The van der Waals surface area contributed by atoms with Crippen LogP contribution in [0.25, 0.3) is 10.2 Å². The molecule has 134 valence electrons. The van der Waals surface area contributed by atoms with E-state index >= 15 is 0 Å². The molecule has 1 aliphatic heterocycles. The van der Waals surface area contributed by atoms with Crippen molar-refractivity contribution in [2.75, 3.05) is 31.1 Å². The highest BCUT2D eigenvalue weighted by molar-refractivity contribution is 7.20. The van der Waals surface area contributed by atoms with Crippen LogP contribution >= 0.6 is 11.3 Å². The molecule has 0 radical (unpaired) electrons. The summed E-state index contributed by atoms with van der Waals surface area (Å²) >= 11 is 1.18. The van der Waals surface area contributed by atoms with Crippen LogP contribution in [0.3, 0.4) is 0 Å². The Bertz CT molecular complexity index is 832. The summed E-state index contributed by atoms with van der Waals surface area (Å²) in [5.41, 5.74) is 0.321. The Morgan fingerprint density at radius 1 is 1.16 bits per heavy atom. The number of fused-ring (bicyclic) bond motifs is 1. The van der Waals surface area contributed by atoms with Crippen molar-refractivity contribution in [3.8, 4) is 0 Å². The first-order valence-electron chi connectivity index (χ1n) is 8.22. The van der Waals surface area contributed by atoms with Crippen LogP contribution in [0.5, 0.6) is 0 Å². The SMILES string of the molecule is Cc1c(C(=O)O)sc2ncnc(N3CCN(C(=O)C(C)(C)C)CC3)c12. The molecule has 3 heterocycles. The molecule has 1 aliphatic rings. The second kappa shape index (κ2) is 6.25. The number of nitrogens with zero attached hydrogens (tertiary/aromatic N) is 4. The molecule has 0 atom stereocenters. The van der Waals surface area contributed by atoms with Crippen molar-refractivity contribution in [3.05, 3.63) is 16.8 Å². The van der Waals surface area contributed by atoms with E-state index in [0.717, 1.165) is 11.2 Å². The van der Waals surface area contributed by atoms with Gasteiger partial charge in [-0.15, -0.1) is 11.3 Å². The van der Waals surface area contributed by atoms with Crippen molar-refractivity contribution in [2.45, 2.75) is 27.7 Å². The summed E-state index contributed by atoms with van der Waals surface area (Å²) < 4.78 is 0. The highest BCUT2D eigenvalue weighted by Gasteiger charge is 2.31. The van der Waals surface area contributed by atoms with E-state index in [1.807, 2.05) is 25.7 Å². The van der Waals surface area contributed by atoms with E-state index in [-0.39, 0.29) is 11.3 Å². The van der Waals surface area contributed by atoms with E-state index < -0.39 is 5.97 Å². The molecule has 0 unspecified atom stereocenters. The van der Waals surface area contributed by atoms with Gasteiger partial charge in [-0.1, -0.05) is 20.8 Å². The molecule has 0 bridgehead atoms. The van der Waals surface area contributed by atoms with Gasteiger partial charge in [-0.25, -0.2) is 14.8 Å². The summed E-state index contributed by atoms with van der Waals surface area (Å²) in [6.07, 6.45) is 1.48. The van der Waals surface area contributed by atoms with Gasteiger partial charge >= 0.3 is 5.97 Å². The molecule has 1 amide bonds. The van der Waals surface area contributed by atoms with Crippen molar-refractivity contribution < 1.29 is 14.7 Å². The molecule has 1 saturated heterocycles. The lowest BCUT2D eigenvalue weighted by Crippen LogP contribution is -2.51. The van der Waals surface area contributed by atoms with Crippen LogP contribution in [0.4, 0.5) is 5.82 Å². The highest BCUT2D eigenvalue weighted by atomic mass is 32.1. The fourth-order valence-corrected chi connectivity index (χ4v) is 4.07. The molecule has 1 N–H and O–H groups in total. The topological polar surface area (TPSA) is 86.6 Å². The first kappa shape index (κ1) is 17.6. The van der Waals surface area contributed by atoms with Gasteiger partial charge in [0.15, 0.2) is 0 Å². The fourth-order valence-electron chi connectivity index (χ4n) is 3.09. The molecule has 3 rings (SSSR count). The van der Waals surface area contributed by atoms with E-state index in [1.165, 1.54) is 17.7 Å². The largest absolute Gasteiger partial charge is 0.477 e. The zero-order valence-corrected chi connectivity index (χ0v) is 15.7. The predicted molar refractivity (Wildman–Crippen MR) is 97.4 cm³/mol. The number of aromatic carboxylic acids is 1. The molecule has 0 spiro atoms. The summed E-state index contributed by atoms with van der Waals surface area (Å²) in [5.74, 6) is -0.0268. The Morgan fingerprint density at radius 3 is 2.36 bits per heavy atom. The minimum Gasteiger partial charge on any atom is -0.477 e. The van der Waals surface area contributed by atoms with Crippen LogP contribution in [0, 0.1) is 12.3 Å². The summed E-state index contributed by atoms with van der Waals surface area (Å²) in [5, 5.41) is 10.2. The second-order valence-electron chi connectivity index (χ2n) is 7.27. The Labute approximate surface area is 150 Å². The van der Waals surface area contributed by atoms with Gasteiger partial charge in [-0.05, 0) is 12.5 Å². The normalized spacial score (nSPS) is 15.7. The number of anilines is 1. The summed E-state index contributed by atoms with van der Waals surface area (Å²) in [6.45, 7) is 10.2. The first-order chi connectivity index (χ1) is 11.7. The number of aryl methyl sites for hydroxylation is 1. The molecule has 25 heavy (non-hydrogen) atoms. The minimum atomic E-state index is -0.938. The third kappa shape index (κ3) is 3.18. The van der Waals surface area contributed by atoms with E-state index in [2.05, 4.69) is 14.9 Å². The smallest absolute Gasteiger partial charge is 0.346 e. The zero-order chi connectivity index (χ0) is 18.4. The molecule has 2 aromatic heterocycles. The van der Waals surface area contributed by atoms with Crippen molar-refractivity contribution in [3.63, 3.8) is 0 Å². The summed E-state index contributed by atoms with van der Waals surface area (Å²) in [4.78, 5) is 37.4. The number of aromatic nitrogens is 2. The predicted octanol–water partition coefficient (Wildman–Crippen LogP) is 2.39. The van der Waals surface area contributed by atoms with Crippen molar-refractivity contribution in [2.24, 2.45) is 5.41 Å². The maximum atomic E-state index is 12.4. The first-order valence-corrected chi connectivity index (χ1v) is 9.03. The van der Waals surface area contributed by atoms with Crippen molar-refractivity contribution >= 4 is 39.2 Å². The molecular weight excluding hydrogens is 340 g/mol. The van der Waals surface area contributed by atoms with Crippen LogP contribution in [0.2, 0.25) is 0 Å². The van der Waals surface area contributed by atoms with E-state index in [1.54, 1.807) is 6.92 Å². The molecule has 8 heteroatoms. The van der Waals surface area contributed by atoms with Gasteiger partial charge in [0.1, 0.15) is 21.9 Å². The van der Waals surface area contributed by atoms with E-state index in [0.29, 0.717) is 41.5 Å². The molecule has 1 fully saturated rings. The van der Waals surface area contributed by atoms with Gasteiger partial charge in [-0.2, -0.15) is 0 Å². The number of hydrogen-bond acceptors (Lipinski definition) is 6. The van der Waals surface area contributed by atoms with Gasteiger partial charge < -0.3 is 14.9 Å². The van der Waals surface area contributed by atoms with Crippen molar-refractivity contribution in [1.29, 1.82) is 0 Å². The Kier molecular flexibility index (Phi) is 4.40. The Balaban J connectivity index is 1.87. The average Bonchev–Trinajstić information content (AvgIpc) is 2.91. The van der Waals surface area contributed by atoms with Crippen molar-refractivity contribution in [1.82, 2.24) is 14.9 Å². The highest BCUT2D eigenvalue weighted by Crippen LogP contribution is 2.35. The molecule has 0 saturated carbocycles. The van der Waals surface area contributed by atoms with Gasteiger partial charge in [-0.3, -0.25) is 4.79 Å². The van der Waals surface area contributed by atoms with Gasteiger partial charge in [0.25, 0.3) is 0 Å². The molecular formula is C17H22N4O3S. The maximum absolute atomic E-state index is 12.4.